The molecule has 1 aromatic heterocycles. The van der Waals surface area contributed by atoms with Crippen LogP contribution in [0.15, 0.2) is 34.2 Å². The summed E-state index contributed by atoms with van der Waals surface area (Å²) in [7, 11) is -3.52. The van der Waals surface area contributed by atoms with E-state index in [1.165, 1.54) is 17.4 Å². The lowest BCUT2D eigenvalue weighted by molar-refractivity contribution is -0.119. The molecule has 5 atom stereocenters. The summed E-state index contributed by atoms with van der Waals surface area (Å²) in [4.78, 5) is 12.9. The molecule has 1 aromatic rings. The van der Waals surface area contributed by atoms with Crippen molar-refractivity contribution in [3.05, 3.63) is 44.6 Å². The third kappa shape index (κ3) is 9.54. The van der Waals surface area contributed by atoms with E-state index in [0.717, 1.165) is 10.2 Å². The number of aliphatic hydroxyl groups excluding tert-OH is 3. The number of allylic oxidation sites excluding steroid dienone is 2. The maximum Gasteiger partial charge on any atom is 0.234 e. The molecule has 192 valence electrons. The van der Waals surface area contributed by atoms with E-state index in [1.54, 1.807) is 17.4 Å². The van der Waals surface area contributed by atoms with Crippen LogP contribution in [0.4, 0.5) is 0 Å². The van der Waals surface area contributed by atoms with Crippen molar-refractivity contribution in [1.29, 1.82) is 0 Å². The van der Waals surface area contributed by atoms with Gasteiger partial charge in [0.1, 0.15) is 0 Å². The van der Waals surface area contributed by atoms with Crippen molar-refractivity contribution < 1.29 is 28.5 Å². The highest BCUT2D eigenvalue weighted by Gasteiger charge is 2.39. The Balaban J connectivity index is 1.78. The average molecular weight is 579 g/mol. The standard InChI is InChI=1S/C24H36BrNO6S2/c1-3-34(31,32)26-23(30)9-7-5-4-6-8-19-20(22(29)15-21(19)28)13-11-17(27)10-12-18-14-16(2)24(25)33-18/h4,6,11,13-14,17,19-22,27-29H,3,5,7-10,12,15H2,1-2H3,(H,26,30)/t17-,19+,20+,21-,22+/m0/s1. The molecule has 1 amide bonds. The lowest BCUT2D eigenvalue weighted by atomic mass is 9.89. The van der Waals surface area contributed by atoms with E-state index < -0.39 is 34.2 Å². The molecule has 7 nitrogen and oxygen atoms in total. The number of halogens is 1. The van der Waals surface area contributed by atoms with E-state index in [4.69, 9.17) is 0 Å². The zero-order valence-corrected chi connectivity index (χ0v) is 22.9. The Labute approximate surface area is 215 Å². The van der Waals surface area contributed by atoms with Crippen LogP contribution in [0, 0.1) is 18.8 Å². The number of unbranched alkanes of at least 4 members (excludes halogenated alkanes) is 1. The molecule has 10 heteroatoms. The highest BCUT2D eigenvalue weighted by atomic mass is 79.9. The van der Waals surface area contributed by atoms with Crippen LogP contribution in [-0.2, 0) is 21.2 Å². The number of thiophene rings is 1. The summed E-state index contributed by atoms with van der Waals surface area (Å²) in [5.74, 6) is -1.02. The molecule has 0 aromatic carbocycles. The predicted octanol–water partition coefficient (Wildman–Crippen LogP) is 3.61. The molecule has 0 aliphatic heterocycles. The molecule has 1 heterocycles. The molecule has 0 bridgehead atoms. The number of aliphatic hydroxyl groups is 3. The van der Waals surface area contributed by atoms with Crippen molar-refractivity contribution in [3.63, 3.8) is 0 Å². The van der Waals surface area contributed by atoms with Crippen LogP contribution in [-0.4, -0.2) is 53.7 Å². The Bertz CT molecular complexity index is 939. The second kappa shape index (κ2) is 13.9. The third-order valence-electron chi connectivity index (χ3n) is 6.07. The summed E-state index contributed by atoms with van der Waals surface area (Å²) in [6.45, 7) is 3.51. The SMILES string of the molecule is CCS(=O)(=O)NC(=O)CCCC=CC[C@@H]1[C@@H](C=C[C@@H](O)CCc2cc(C)c(Br)s2)[C@H](O)C[C@@H]1O. The van der Waals surface area contributed by atoms with E-state index in [0.29, 0.717) is 32.1 Å². The highest BCUT2D eigenvalue weighted by molar-refractivity contribution is 9.11. The van der Waals surface area contributed by atoms with Crippen LogP contribution < -0.4 is 4.72 Å². The fraction of sp³-hybridized carbons (Fsp3) is 0.625. The first kappa shape index (κ1) is 29.2. The maximum atomic E-state index is 11.6. The van der Waals surface area contributed by atoms with Crippen LogP contribution in [0.3, 0.4) is 0 Å². The second-order valence-corrected chi connectivity index (χ2v) is 13.3. The van der Waals surface area contributed by atoms with Gasteiger partial charge in [-0.05, 0) is 79.4 Å². The van der Waals surface area contributed by atoms with E-state index >= 15 is 0 Å². The van der Waals surface area contributed by atoms with Crippen LogP contribution in [0.1, 0.15) is 55.9 Å². The van der Waals surface area contributed by atoms with Gasteiger partial charge in [-0.25, -0.2) is 8.42 Å². The Hall–Kier alpha value is -1.04. The third-order valence-corrected chi connectivity index (χ3v) is 9.56. The van der Waals surface area contributed by atoms with E-state index in [1.807, 2.05) is 29.9 Å². The van der Waals surface area contributed by atoms with Gasteiger partial charge in [0, 0.05) is 23.6 Å². The minimum absolute atomic E-state index is 0.125. The molecule has 4 N–H and O–H groups in total. The summed E-state index contributed by atoms with van der Waals surface area (Å²) in [5.41, 5.74) is 1.19. The van der Waals surface area contributed by atoms with Crippen molar-refractivity contribution >= 4 is 43.2 Å². The number of amides is 1. The first-order valence-corrected chi connectivity index (χ1v) is 14.9. The fourth-order valence-corrected chi connectivity index (χ4v) is 6.28. The molecular formula is C24H36BrNO6S2. The molecular weight excluding hydrogens is 542 g/mol. The molecule has 2 rings (SSSR count). The summed E-state index contributed by atoms with van der Waals surface area (Å²) in [6.07, 6.45) is 9.00. The predicted molar refractivity (Wildman–Crippen MR) is 139 cm³/mol. The highest BCUT2D eigenvalue weighted by Crippen LogP contribution is 2.36. The van der Waals surface area contributed by atoms with Crippen molar-refractivity contribution in [1.82, 2.24) is 4.72 Å². The topological polar surface area (TPSA) is 124 Å². The number of hydrogen-bond donors (Lipinski definition) is 4. The number of hydrogen-bond acceptors (Lipinski definition) is 7. The molecule has 1 saturated carbocycles. The molecule has 0 unspecified atom stereocenters. The van der Waals surface area contributed by atoms with Crippen molar-refractivity contribution in [3.8, 4) is 0 Å². The van der Waals surface area contributed by atoms with E-state index in [2.05, 4.69) is 22.0 Å². The number of sulfonamides is 1. The van der Waals surface area contributed by atoms with Crippen LogP contribution in [0.5, 0.6) is 0 Å². The maximum absolute atomic E-state index is 11.6. The van der Waals surface area contributed by atoms with Crippen LogP contribution >= 0.6 is 27.3 Å². The molecule has 1 aliphatic carbocycles. The molecule has 0 saturated heterocycles. The van der Waals surface area contributed by atoms with Gasteiger partial charge >= 0.3 is 0 Å². The molecule has 34 heavy (non-hydrogen) atoms. The molecule has 0 radical (unpaired) electrons. The van der Waals surface area contributed by atoms with Crippen LogP contribution in [0.25, 0.3) is 0 Å². The Morgan fingerprint density at radius 3 is 2.71 bits per heavy atom. The van der Waals surface area contributed by atoms with Gasteiger partial charge in [0.2, 0.25) is 15.9 Å². The molecule has 1 aliphatic rings. The van der Waals surface area contributed by atoms with Crippen molar-refractivity contribution in [2.75, 3.05) is 5.75 Å². The summed E-state index contributed by atoms with van der Waals surface area (Å²) in [6, 6.07) is 2.12. The first-order valence-electron chi connectivity index (χ1n) is 11.7. The summed E-state index contributed by atoms with van der Waals surface area (Å²) < 4.78 is 25.9. The summed E-state index contributed by atoms with van der Waals surface area (Å²) in [5, 5.41) is 31.1. The number of carbonyl (C=O) groups excluding carboxylic acids is 1. The van der Waals surface area contributed by atoms with Gasteiger partial charge in [-0.2, -0.15) is 0 Å². The monoisotopic (exact) mass is 577 g/mol. The zero-order valence-electron chi connectivity index (χ0n) is 19.7. The van der Waals surface area contributed by atoms with Crippen LogP contribution in [0.2, 0.25) is 0 Å². The van der Waals surface area contributed by atoms with E-state index in [-0.39, 0.29) is 24.0 Å². The van der Waals surface area contributed by atoms with Gasteiger partial charge < -0.3 is 15.3 Å². The number of carbonyl (C=O) groups is 1. The smallest absolute Gasteiger partial charge is 0.234 e. The lowest BCUT2D eigenvalue weighted by Crippen LogP contribution is -2.31. The minimum atomic E-state index is -3.52. The molecule has 1 fully saturated rings. The minimum Gasteiger partial charge on any atom is -0.393 e. The fourth-order valence-electron chi connectivity index (χ4n) is 4.04. The van der Waals surface area contributed by atoms with Crippen molar-refractivity contribution in [2.24, 2.45) is 11.8 Å². The summed E-state index contributed by atoms with van der Waals surface area (Å²) >= 11 is 5.19. The number of nitrogens with one attached hydrogen (secondary N) is 1. The van der Waals surface area contributed by atoms with Gasteiger partial charge in [0.15, 0.2) is 0 Å². The van der Waals surface area contributed by atoms with Gasteiger partial charge in [-0.3, -0.25) is 9.52 Å². The quantitative estimate of drug-likeness (QED) is 0.210. The Kier molecular flexibility index (Phi) is 11.9. The normalized spacial score (nSPS) is 24.3. The van der Waals surface area contributed by atoms with E-state index in [9.17, 15) is 28.5 Å². The van der Waals surface area contributed by atoms with Crippen molar-refractivity contribution in [2.45, 2.75) is 77.1 Å². The lowest BCUT2D eigenvalue weighted by Gasteiger charge is -2.19. The Morgan fingerprint density at radius 1 is 1.32 bits per heavy atom. The van der Waals surface area contributed by atoms with Gasteiger partial charge in [0.25, 0.3) is 0 Å². The first-order chi connectivity index (χ1) is 16.0. The van der Waals surface area contributed by atoms with Gasteiger partial charge in [-0.1, -0.05) is 24.3 Å². The molecule has 0 spiro atoms. The largest absolute Gasteiger partial charge is 0.393 e. The average Bonchev–Trinajstić information content (AvgIpc) is 3.23. The number of aryl methyl sites for hydroxylation is 2. The van der Waals surface area contributed by atoms with Gasteiger partial charge in [-0.15, -0.1) is 11.3 Å². The second-order valence-electron chi connectivity index (χ2n) is 8.80. The Morgan fingerprint density at radius 2 is 2.06 bits per heavy atom. The van der Waals surface area contributed by atoms with Gasteiger partial charge in [0.05, 0.1) is 27.9 Å². The zero-order chi connectivity index (χ0) is 25.3. The number of rotatable bonds is 13.